The van der Waals surface area contributed by atoms with Crippen molar-refractivity contribution in [1.82, 2.24) is 10.6 Å². The summed E-state index contributed by atoms with van der Waals surface area (Å²) in [6, 6.07) is 0.444. The second-order valence-electron chi connectivity index (χ2n) is 4.10. The average Bonchev–Trinajstić information content (AvgIpc) is 2.13. The van der Waals surface area contributed by atoms with Crippen LogP contribution in [-0.2, 0) is 9.53 Å². The lowest BCUT2D eigenvalue weighted by Gasteiger charge is -2.28. The van der Waals surface area contributed by atoms with Gasteiger partial charge >= 0.3 is 0 Å². The summed E-state index contributed by atoms with van der Waals surface area (Å²) in [4.78, 5) is 11.5. The third-order valence-corrected chi connectivity index (χ3v) is 2.89. The molecule has 1 aliphatic heterocycles. The van der Waals surface area contributed by atoms with Crippen molar-refractivity contribution in [3.8, 4) is 0 Å². The lowest BCUT2D eigenvalue weighted by atomic mass is 9.93. The smallest absolute Gasteiger partial charge is 0.222 e. The van der Waals surface area contributed by atoms with E-state index in [-0.39, 0.29) is 12.0 Å². The number of rotatable bonds is 3. The largest absolute Gasteiger partial charge is 0.375 e. The monoisotopic (exact) mass is 198 g/mol. The van der Waals surface area contributed by atoms with Gasteiger partial charge in [0.25, 0.3) is 0 Å². The predicted octanol–water partition coefficient (Wildman–Crippen LogP) is 0.0336. The first kappa shape index (κ1) is 9.93. The topological polar surface area (TPSA) is 50.4 Å². The van der Waals surface area contributed by atoms with E-state index in [0.717, 1.165) is 32.5 Å². The van der Waals surface area contributed by atoms with Crippen LogP contribution in [0.5, 0.6) is 0 Å². The van der Waals surface area contributed by atoms with Crippen molar-refractivity contribution in [1.29, 1.82) is 0 Å². The van der Waals surface area contributed by atoms with Crippen LogP contribution >= 0.6 is 0 Å². The van der Waals surface area contributed by atoms with Crippen molar-refractivity contribution < 1.29 is 9.53 Å². The molecular formula is C10H18N2O2. The number of nitrogens with one attached hydrogen (secondary N) is 2. The molecule has 14 heavy (non-hydrogen) atoms. The third-order valence-electron chi connectivity index (χ3n) is 2.89. The summed E-state index contributed by atoms with van der Waals surface area (Å²) < 4.78 is 5.46. The normalized spacial score (nSPS) is 28.1. The van der Waals surface area contributed by atoms with E-state index < -0.39 is 0 Å². The van der Waals surface area contributed by atoms with Crippen LogP contribution in [0.4, 0.5) is 0 Å². The van der Waals surface area contributed by atoms with E-state index >= 15 is 0 Å². The van der Waals surface area contributed by atoms with E-state index in [9.17, 15) is 4.79 Å². The number of morpholine rings is 1. The molecular weight excluding hydrogens is 180 g/mol. The molecule has 2 N–H and O–H groups in total. The number of hydrogen-bond donors (Lipinski definition) is 2. The van der Waals surface area contributed by atoms with Crippen LogP contribution in [0.2, 0.25) is 0 Å². The minimum atomic E-state index is 0.0730. The lowest BCUT2D eigenvalue weighted by molar-refractivity contribution is -0.125. The third kappa shape index (κ3) is 2.69. The first-order chi connectivity index (χ1) is 6.84. The van der Waals surface area contributed by atoms with Crippen LogP contribution in [0, 0.1) is 0 Å². The van der Waals surface area contributed by atoms with Crippen LogP contribution in [0.15, 0.2) is 0 Å². The van der Waals surface area contributed by atoms with Gasteiger partial charge in [-0.1, -0.05) is 0 Å². The zero-order valence-electron chi connectivity index (χ0n) is 8.42. The fourth-order valence-corrected chi connectivity index (χ4v) is 1.80. The number of hydrogen-bond acceptors (Lipinski definition) is 3. The molecule has 2 aliphatic rings. The quantitative estimate of drug-likeness (QED) is 0.673. The Kier molecular flexibility index (Phi) is 3.37. The van der Waals surface area contributed by atoms with Gasteiger partial charge in [-0.3, -0.25) is 4.79 Å². The van der Waals surface area contributed by atoms with E-state index in [1.54, 1.807) is 0 Å². The van der Waals surface area contributed by atoms with Gasteiger partial charge < -0.3 is 15.4 Å². The lowest BCUT2D eigenvalue weighted by Crippen LogP contribution is -2.44. The zero-order chi connectivity index (χ0) is 9.80. The maximum absolute atomic E-state index is 11.5. The van der Waals surface area contributed by atoms with Crippen molar-refractivity contribution in [3.63, 3.8) is 0 Å². The van der Waals surface area contributed by atoms with Crippen LogP contribution < -0.4 is 10.6 Å². The summed E-state index contributed by atoms with van der Waals surface area (Å²) in [5, 5.41) is 6.23. The van der Waals surface area contributed by atoms with Crippen LogP contribution in [0.25, 0.3) is 0 Å². The van der Waals surface area contributed by atoms with Crippen LogP contribution in [0.1, 0.15) is 25.7 Å². The predicted molar refractivity (Wildman–Crippen MR) is 53.0 cm³/mol. The van der Waals surface area contributed by atoms with Crippen LogP contribution in [-0.4, -0.2) is 37.7 Å². The van der Waals surface area contributed by atoms with E-state index in [0.29, 0.717) is 12.5 Å². The highest BCUT2D eigenvalue weighted by Crippen LogP contribution is 2.18. The Hall–Kier alpha value is -0.610. The van der Waals surface area contributed by atoms with Crippen LogP contribution in [0.3, 0.4) is 0 Å². The molecule has 80 valence electrons. The summed E-state index contributed by atoms with van der Waals surface area (Å²) >= 11 is 0. The molecule has 1 atom stereocenters. The van der Waals surface area contributed by atoms with Gasteiger partial charge in [-0.05, 0) is 19.3 Å². The molecule has 0 spiro atoms. The summed E-state index contributed by atoms with van der Waals surface area (Å²) in [6.45, 7) is 2.43. The highest BCUT2D eigenvalue weighted by Gasteiger charge is 2.22. The standard InChI is InChI=1S/C10H18N2O2/c13-10(12-8-2-1-3-8)6-9-7-11-4-5-14-9/h8-9,11H,1-7H2,(H,12,13). The molecule has 0 aromatic rings. The van der Waals surface area contributed by atoms with E-state index in [1.807, 2.05) is 0 Å². The summed E-state index contributed by atoms with van der Waals surface area (Å²) in [5.74, 6) is 0.142. The molecule has 0 aromatic carbocycles. The Bertz CT molecular complexity index is 198. The minimum Gasteiger partial charge on any atom is -0.375 e. The number of carbonyl (C=O) groups is 1. The Labute approximate surface area is 84.4 Å². The molecule has 4 heteroatoms. The summed E-state index contributed by atoms with van der Waals surface area (Å²) in [5.41, 5.74) is 0. The van der Waals surface area contributed by atoms with Gasteiger partial charge in [0.1, 0.15) is 0 Å². The second kappa shape index (κ2) is 4.75. The molecule has 2 rings (SSSR count). The number of carbonyl (C=O) groups excluding carboxylic acids is 1. The second-order valence-corrected chi connectivity index (χ2v) is 4.10. The molecule has 1 saturated carbocycles. The van der Waals surface area contributed by atoms with Crippen molar-refractivity contribution in [2.75, 3.05) is 19.7 Å². The molecule has 0 aromatic heterocycles. The van der Waals surface area contributed by atoms with Crippen molar-refractivity contribution in [2.45, 2.75) is 37.8 Å². The van der Waals surface area contributed by atoms with Crippen molar-refractivity contribution >= 4 is 5.91 Å². The Balaban J connectivity index is 1.64. The van der Waals surface area contributed by atoms with Gasteiger partial charge in [0, 0.05) is 19.1 Å². The zero-order valence-corrected chi connectivity index (χ0v) is 8.42. The van der Waals surface area contributed by atoms with Crippen molar-refractivity contribution in [3.05, 3.63) is 0 Å². The van der Waals surface area contributed by atoms with Gasteiger partial charge in [0.15, 0.2) is 0 Å². The average molecular weight is 198 g/mol. The Morgan fingerprint density at radius 2 is 2.36 bits per heavy atom. The van der Waals surface area contributed by atoms with E-state index in [1.165, 1.54) is 6.42 Å². The fraction of sp³-hybridized carbons (Fsp3) is 0.900. The van der Waals surface area contributed by atoms with Gasteiger partial charge in [0.05, 0.1) is 19.1 Å². The molecule has 1 aliphatic carbocycles. The van der Waals surface area contributed by atoms with E-state index in [2.05, 4.69) is 10.6 Å². The SMILES string of the molecule is O=C(CC1CNCCO1)NC1CCC1. The fourth-order valence-electron chi connectivity index (χ4n) is 1.80. The molecule has 0 radical (unpaired) electrons. The molecule has 1 amide bonds. The Morgan fingerprint density at radius 1 is 1.50 bits per heavy atom. The molecule has 1 heterocycles. The molecule has 1 saturated heterocycles. The molecule has 2 fully saturated rings. The van der Waals surface area contributed by atoms with Gasteiger partial charge in [-0.15, -0.1) is 0 Å². The first-order valence-corrected chi connectivity index (χ1v) is 5.46. The van der Waals surface area contributed by atoms with Gasteiger partial charge in [-0.25, -0.2) is 0 Å². The van der Waals surface area contributed by atoms with Gasteiger partial charge in [-0.2, -0.15) is 0 Å². The minimum absolute atomic E-state index is 0.0730. The van der Waals surface area contributed by atoms with Crippen molar-refractivity contribution in [2.24, 2.45) is 0 Å². The highest BCUT2D eigenvalue weighted by molar-refractivity contribution is 5.76. The summed E-state index contributed by atoms with van der Waals surface area (Å²) in [7, 11) is 0. The Morgan fingerprint density at radius 3 is 2.93 bits per heavy atom. The van der Waals surface area contributed by atoms with E-state index in [4.69, 9.17) is 4.74 Å². The first-order valence-electron chi connectivity index (χ1n) is 5.46. The number of ether oxygens (including phenoxy) is 1. The molecule has 1 unspecified atom stereocenters. The maximum Gasteiger partial charge on any atom is 0.222 e. The number of amides is 1. The molecule has 0 bridgehead atoms. The summed E-state index contributed by atoms with van der Waals surface area (Å²) in [6.07, 6.45) is 4.13. The molecule has 4 nitrogen and oxygen atoms in total. The highest BCUT2D eigenvalue weighted by atomic mass is 16.5. The maximum atomic E-state index is 11.5. The van der Waals surface area contributed by atoms with Gasteiger partial charge in [0.2, 0.25) is 5.91 Å².